The van der Waals surface area contributed by atoms with Crippen molar-refractivity contribution < 1.29 is 14.9 Å². The first kappa shape index (κ1) is 17.7. The largest absolute Gasteiger partial charge is 0.491 e. The molecule has 5 heteroatoms. The predicted molar refractivity (Wildman–Crippen MR) is 94.1 cm³/mol. The molecule has 2 atom stereocenters. The van der Waals surface area contributed by atoms with Crippen LogP contribution in [0.4, 0.5) is 0 Å². The van der Waals surface area contributed by atoms with Crippen LogP contribution in [0.1, 0.15) is 24.8 Å². The Morgan fingerprint density at radius 3 is 2.67 bits per heavy atom. The molecule has 2 fully saturated rings. The average Bonchev–Trinajstić information content (AvgIpc) is 2.62. The lowest BCUT2D eigenvalue weighted by molar-refractivity contribution is -0.0684. The quantitative estimate of drug-likeness (QED) is 0.822. The Labute approximate surface area is 144 Å². The maximum absolute atomic E-state index is 10.00. The lowest BCUT2D eigenvalue weighted by atomic mass is 9.69. The zero-order valence-corrected chi connectivity index (χ0v) is 14.7. The fourth-order valence-corrected chi connectivity index (χ4v) is 4.33. The molecule has 2 aliphatic heterocycles. The van der Waals surface area contributed by atoms with Crippen LogP contribution in [0.2, 0.25) is 0 Å². The number of nitrogens with zero attached hydrogens (tertiary/aromatic N) is 2. The monoisotopic (exact) mass is 334 g/mol. The van der Waals surface area contributed by atoms with Gasteiger partial charge in [0.2, 0.25) is 0 Å². The second-order valence-electron chi connectivity index (χ2n) is 7.32. The summed E-state index contributed by atoms with van der Waals surface area (Å²) in [6.07, 6.45) is 3.43. The molecule has 0 spiro atoms. The van der Waals surface area contributed by atoms with Crippen molar-refractivity contribution in [2.75, 3.05) is 46.5 Å². The van der Waals surface area contributed by atoms with Gasteiger partial charge in [-0.2, -0.15) is 0 Å². The van der Waals surface area contributed by atoms with Crippen molar-refractivity contribution in [3.63, 3.8) is 0 Å². The zero-order valence-electron chi connectivity index (χ0n) is 14.7. The summed E-state index contributed by atoms with van der Waals surface area (Å²) in [6, 6.07) is 8.60. The highest BCUT2D eigenvalue weighted by molar-refractivity contribution is 5.27. The van der Waals surface area contributed by atoms with E-state index >= 15 is 0 Å². The van der Waals surface area contributed by atoms with E-state index in [2.05, 4.69) is 29.0 Å². The minimum Gasteiger partial charge on any atom is -0.491 e. The van der Waals surface area contributed by atoms with Gasteiger partial charge in [0.15, 0.2) is 0 Å². The normalized spacial score (nSPS) is 28.5. The molecular formula is C19H30N2O3. The first-order valence-corrected chi connectivity index (χ1v) is 9.03. The van der Waals surface area contributed by atoms with E-state index in [4.69, 9.17) is 9.84 Å². The van der Waals surface area contributed by atoms with Crippen molar-refractivity contribution >= 4 is 0 Å². The molecule has 1 aromatic carbocycles. The molecule has 0 amide bonds. The number of rotatable bonds is 6. The first-order chi connectivity index (χ1) is 11.7. The van der Waals surface area contributed by atoms with E-state index in [1.54, 1.807) is 0 Å². The summed E-state index contributed by atoms with van der Waals surface area (Å²) in [5, 5.41) is 18.8. The van der Waals surface area contributed by atoms with Gasteiger partial charge >= 0.3 is 0 Å². The molecular weight excluding hydrogens is 304 g/mol. The molecule has 3 rings (SSSR count). The van der Waals surface area contributed by atoms with Crippen LogP contribution in [-0.4, -0.2) is 72.6 Å². The zero-order chi connectivity index (χ0) is 17.0. The van der Waals surface area contributed by atoms with Crippen molar-refractivity contribution in [3.8, 4) is 5.75 Å². The maximum Gasteiger partial charge on any atom is 0.119 e. The second kappa shape index (κ2) is 7.83. The highest BCUT2D eigenvalue weighted by atomic mass is 16.5. The first-order valence-electron chi connectivity index (χ1n) is 9.03. The van der Waals surface area contributed by atoms with Crippen LogP contribution in [0.5, 0.6) is 5.75 Å². The summed E-state index contributed by atoms with van der Waals surface area (Å²) in [5.41, 5.74) is 1.38. The summed E-state index contributed by atoms with van der Waals surface area (Å²) in [7, 11) is 2.20. The average molecular weight is 334 g/mol. The van der Waals surface area contributed by atoms with Crippen LogP contribution in [0, 0.1) is 5.41 Å². The van der Waals surface area contributed by atoms with Crippen molar-refractivity contribution in [2.45, 2.75) is 31.8 Å². The van der Waals surface area contributed by atoms with E-state index in [0.29, 0.717) is 19.3 Å². The molecule has 0 radical (unpaired) electrons. The summed E-state index contributed by atoms with van der Waals surface area (Å²) >= 11 is 0. The molecule has 24 heavy (non-hydrogen) atoms. The minimum atomic E-state index is 0.0387. The third-order valence-corrected chi connectivity index (χ3v) is 5.79. The lowest BCUT2D eigenvalue weighted by Crippen LogP contribution is -2.61. The molecule has 0 aromatic heterocycles. The van der Waals surface area contributed by atoms with Crippen molar-refractivity contribution in [2.24, 2.45) is 5.41 Å². The molecule has 0 unspecified atom stereocenters. The number of benzene rings is 1. The molecule has 1 aromatic rings. The number of ether oxygens (including phenoxy) is 1. The van der Waals surface area contributed by atoms with E-state index in [9.17, 15) is 5.11 Å². The molecule has 0 saturated carbocycles. The molecule has 2 N–H and O–H groups in total. The Morgan fingerprint density at radius 2 is 1.96 bits per heavy atom. The molecule has 0 bridgehead atoms. The number of aliphatic hydroxyl groups is 2. The third-order valence-electron chi connectivity index (χ3n) is 5.79. The van der Waals surface area contributed by atoms with Gasteiger partial charge in [0, 0.05) is 24.5 Å². The SMILES string of the molecule is CN1CCC[C@]2(CO)CCN(Cc3ccc(OCCO)cc3)C[C@@H]12. The lowest BCUT2D eigenvalue weighted by Gasteiger charge is -2.53. The van der Waals surface area contributed by atoms with Gasteiger partial charge in [-0.15, -0.1) is 0 Å². The number of likely N-dealkylation sites (N-methyl/N-ethyl adjacent to an activating group) is 1. The number of likely N-dealkylation sites (tertiary alicyclic amines) is 2. The minimum absolute atomic E-state index is 0.0387. The van der Waals surface area contributed by atoms with Gasteiger partial charge in [-0.05, 0) is 57.1 Å². The van der Waals surface area contributed by atoms with Gasteiger partial charge < -0.3 is 19.8 Å². The van der Waals surface area contributed by atoms with Crippen molar-refractivity contribution in [1.29, 1.82) is 0 Å². The number of hydrogen-bond donors (Lipinski definition) is 2. The van der Waals surface area contributed by atoms with Crippen LogP contribution in [0.25, 0.3) is 0 Å². The number of hydrogen-bond acceptors (Lipinski definition) is 5. The highest BCUT2D eigenvalue weighted by Crippen LogP contribution is 2.41. The van der Waals surface area contributed by atoms with Crippen molar-refractivity contribution in [3.05, 3.63) is 29.8 Å². The van der Waals surface area contributed by atoms with E-state index in [1.807, 2.05) is 12.1 Å². The fraction of sp³-hybridized carbons (Fsp3) is 0.684. The van der Waals surface area contributed by atoms with E-state index in [0.717, 1.165) is 44.8 Å². The predicted octanol–water partition coefficient (Wildman–Crippen LogP) is 1.34. The maximum atomic E-state index is 10.00. The standard InChI is InChI=1S/C19H30N2O3/c1-20-9-2-7-19(15-23)8-10-21(14-18(19)20)13-16-3-5-17(6-4-16)24-12-11-22/h3-6,18,22-23H,2,7-15H2,1H3/t18-,19-/m1/s1. The fourth-order valence-electron chi connectivity index (χ4n) is 4.33. The Balaban J connectivity index is 1.60. The summed E-state index contributed by atoms with van der Waals surface area (Å²) in [5.74, 6) is 0.803. The topological polar surface area (TPSA) is 56.2 Å². The van der Waals surface area contributed by atoms with E-state index in [1.165, 1.54) is 12.0 Å². The van der Waals surface area contributed by atoms with Crippen LogP contribution in [-0.2, 0) is 6.54 Å². The second-order valence-corrected chi connectivity index (χ2v) is 7.32. The van der Waals surface area contributed by atoms with Gasteiger partial charge in [0.25, 0.3) is 0 Å². The summed E-state index contributed by atoms with van der Waals surface area (Å²) in [4.78, 5) is 4.95. The van der Waals surface area contributed by atoms with Crippen LogP contribution < -0.4 is 4.74 Å². The smallest absolute Gasteiger partial charge is 0.119 e. The Hall–Kier alpha value is -1.14. The Bertz CT molecular complexity index is 522. The summed E-state index contributed by atoms with van der Waals surface area (Å²) in [6.45, 7) is 4.84. The molecule has 2 heterocycles. The molecule has 134 valence electrons. The van der Waals surface area contributed by atoms with Gasteiger partial charge in [0.05, 0.1) is 13.2 Å². The van der Waals surface area contributed by atoms with E-state index in [-0.39, 0.29) is 12.0 Å². The van der Waals surface area contributed by atoms with Gasteiger partial charge in [-0.1, -0.05) is 12.1 Å². The third kappa shape index (κ3) is 3.75. The van der Waals surface area contributed by atoms with Crippen LogP contribution in [0.15, 0.2) is 24.3 Å². The number of piperidine rings is 2. The summed E-state index contributed by atoms with van der Waals surface area (Å²) < 4.78 is 5.41. The Kier molecular flexibility index (Phi) is 5.76. The van der Waals surface area contributed by atoms with Crippen molar-refractivity contribution in [1.82, 2.24) is 9.80 Å². The molecule has 5 nitrogen and oxygen atoms in total. The molecule has 2 aliphatic rings. The van der Waals surface area contributed by atoms with Crippen LogP contribution >= 0.6 is 0 Å². The highest BCUT2D eigenvalue weighted by Gasteiger charge is 2.46. The number of fused-ring (bicyclic) bond motifs is 1. The van der Waals surface area contributed by atoms with Gasteiger partial charge in [-0.3, -0.25) is 4.90 Å². The Morgan fingerprint density at radius 1 is 1.17 bits per heavy atom. The van der Waals surface area contributed by atoms with Crippen LogP contribution in [0.3, 0.4) is 0 Å². The van der Waals surface area contributed by atoms with E-state index < -0.39 is 0 Å². The molecule has 2 saturated heterocycles. The van der Waals surface area contributed by atoms with Gasteiger partial charge in [-0.25, -0.2) is 0 Å². The molecule has 0 aliphatic carbocycles. The number of aliphatic hydroxyl groups excluding tert-OH is 2. The van der Waals surface area contributed by atoms with Gasteiger partial charge in [0.1, 0.15) is 12.4 Å².